The quantitative estimate of drug-likeness (QED) is 0.695. The number of amides is 3. The molecule has 2 saturated heterocycles. The molecule has 0 aromatic heterocycles. The number of urea groups is 1. The summed E-state index contributed by atoms with van der Waals surface area (Å²) >= 11 is 0. The number of benzene rings is 2. The zero-order valence-electron chi connectivity index (χ0n) is 20.4. The minimum Gasteiger partial charge on any atom is -0.387 e. The fraction of sp³-hybridized carbons (Fsp3) is 0.500. The fourth-order valence-corrected chi connectivity index (χ4v) is 6.21. The van der Waals surface area contributed by atoms with Crippen LogP contribution in [0, 0.1) is 5.41 Å². The van der Waals surface area contributed by atoms with Gasteiger partial charge in [-0.05, 0) is 37.0 Å². The van der Waals surface area contributed by atoms with E-state index in [1.165, 1.54) is 0 Å². The highest BCUT2D eigenvalue weighted by Gasteiger charge is 2.56. The van der Waals surface area contributed by atoms with Crippen LogP contribution in [0.25, 0.3) is 0 Å². The summed E-state index contributed by atoms with van der Waals surface area (Å²) < 4.78 is 0. The van der Waals surface area contributed by atoms with E-state index < -0.39 is 5.60 Å². The molecule has 2 heterocycles. The SMILES string of the molecule is O=C1CN(c2ccccc2)CCN1CC1(O)CCN(C(=O)NCc2ccccc2)CC12CCCC2. The fourth-order valence-electron chi connectivity index (χ4n) is 6.21. The lowest BCUT2D eigenvalue weighted by molar-refractivity contribution is -0.155. The highest BCUT2D eigenvalue weighted by atomic mass is 16.3. The first kappa shape index (κ1) is 23.7. The number of para-hydroxylation sites is 1. The predicted molar refractivity (Wildman–Crippen MR) is 136 cm³/mol. The van der Waals surface area contributed by atoms with Gasteiger partial charge < -0.3 is 25.1 Å². The number of β-amino-alcohol motifs (C(OH)–C–C–N with tert-alkyl or cyclic N) is 1. The van der Waals surface area contributed by atoms with Gasteiger partial charge in [-0.2, -0.15) is 0 Å². The van der Waals surface area contributed by atoms with Gasteiger partial charge in [0.2, 0.25) is 5.91 Å². The number of aliphatic hydroxyl groups is 1. The Morgan fingerprint density at radius 3 is 2.29 bits per heavy atom. The molecule has 3 fully saturated rings. The molecule has 7 heteroatoms. The van der Waals surface area contributed by atoms with Crippen molar-refractivity contribution in [2.24, 2.45) is 5.41 Å². The van der Waals surface area contributed by atoms with Crippen molar-refractivity contribution in [2.45, 2.75) is 44.2 Å². The van der Waals surface area contributed by atoms with Crippen LogP contribution >= 0.6 is 0 Å². The second-order valence-corrected chi connectivity index (χ2v) is 10.4. The lowest BCUT2D eigenvalue weighted by Gasteiger charge is -2.54. The molecule has 1 aliphatic carbocycles. The number of hydrogen-bond donors (Lipinski definition) is 2. The molecule has 2 N–H and O–H groups in total. The summed E-state index contributed by atoms with van der Waals surface area (Å²) in [7, 11) is 0. The molecule has 35 heavy (non-hydrogen) atoms. The van der Waals surface area contributed by atoms with Crippen LogP contribution in [0.5, 0.6) is 0 Å². The Bertz CT molecular complexity index is 1030. The summed E-state index contributed by atoms with van der Waals surface area (Å²) in [6, 6.07) is 19.9. The zero-order valence-corrected chi connectivity index (χ0v) is 20.4. The Labute approximate surface area is 207 Å². The third-order valence-corrected chi connectivity index (χ3v) is 8.30. The van der Waals surface area contributed by atoms with E-state index in [0.717, 1.165) is 43.5 Å². The summed E-state index contributed by atoms with van der Waals surface area (Å²) in [5.41, 5.74) is 0.801. The molecule has 1 spiro atoms. The van der Waals surface area contributed by atoms with E-state index in [0.29, 0.717) is 45.7 Å². The zero-order chi connectivity index (χ0) is 24.3. The van der Waals surface area contributed by atoms with Crippen LogP contribution in [-0.2, 0) is 11.3 Å². The number of likely N-dealkylation sites (tertiary alicyclic amines) is 1. The third-order valence-electron chi connectivity index (χ3n) is 8.30. The number of nitrogens with one attached hydrogen (secondary N) is 1. The molecular formula is C28H36N4O3. The number of nitrogens with zero attached hydrogens (tertiary/aromatic N) is 3. The van der Waals surface area contributed by atoms with Crippen LogP contribution in [0.2, 0.25) is 0 Å². The Balaban J connectivity index is 1.23. The first-order valence-electron chi connectivity index (χ1n) is 12.8. The van der Waals surface area contributed by atoms with Crippen LogP contribution < -0.4 is 10.2 Å². The lowest BCUT2D eigenvalue weighted by Crippen LogP contribution is -2.66. The topological polar surface area (TPSA) is 76.1 Å². The van der Waals surface area contributed by atoms with E-state index in [4.69, 9.17) is 0 Å². The molecule has 0 radical (unpaired) electrons. The average molecular weight is 477 g/mol. The Morgan fingerprint density at radius 2 is 1.60 bits per heavy atom. The number of piperazine rings is 1. The molecule has 3 amide bonds. The van der Waals surface area contributed by atoms with Crippen LogP contribution in [0.4, 0.5) is 10.5 Å². The maximum absolute atomic E-state index is 13.1. The van der Waals surface area contributed by atoms with E-state index in [-0.39, 0.29) is 17.4 Å². The smallest absolute Gasteiger partial charge is 0.317 e. The number of hydrogen-bond acceptors (Lipinski definition) is 4. The molecule has 2 aliphatic heterocycles. The monoisotopic (exact) mass is 476 g/mol. The number of anilines is 1. The molecule has 2 aromatic rings. The second-order valence-electron chi connectivity index (χ2n) is 10.4. The summed E-state index contributed by atoms with van der Waals surface area (Å²) in [4.78, 5) is 31.9. The van der Waals surface area contributed by atoms with Crippen molar-refractivity contribution in [1.29, 1.82) is 0 Å². The predicted octanol–water partition coefficient (Wildman–Crippen LogP) is 3.24. The Kier molecular flexibility index (Phi) is 6.69. The van der Waals surface area contributed by atoms with E-state index in [1.807, 2.05) is 70.5 Å². The first-order chi connectivity index (χ1) is 17.0. The minimum absolute atomic E-state index is 0.0599. The highest BCUT2D eigenvalue weighted by molar-refractivity contribution is 5.83. The van der Waals surface area contributed by atoms with Crippen LogP contribution in [0.15, 0.2) is 60.7 Å². The summed E-state index contributed by atoms with van der Waals surface area (Å²) in [6.07, 6.45) is 4.39. The molecule has 0 bridgehead atoms. The maximum atomic E-state index is 13.1. The molecule has 186 valence electrons. The van der Waals surface area contributed by atoms with Crippen LogP contribution in [0.1, 0.15) is 37.7 Å². The largest absolute Gasteiger partial charge is 0.387 e. The normalized spacial score (nSPS) is 24.1. The van der Waals surface area contributed by atoms with Gasteiger partial charge in [0.15, 0.2) is 0 Å². The first-order valence-corrected chi connectivity index (χ1v) is 12.8. The Morgan fingerprint density at radius 1 is 0.914 bits per heavy atom. The molecule has 7 nitrogen and oxygen atoms in total. The van der Waals surface area contributed by atoms with Gasteiger partial charge in [0.25, 0.3) is 0 Å². The minimum atomic E-state index is -0.968. The number of rotatable bonds is 5. The number of carbonyl (C=O) groups excluding carboxylic acids is 2. The average Bonchev–Trinajstić information content (AvgIpc) is 3.37. The van der Waals surface area contributed by atoms with Crippen LogP contribution in [-0.4, -0.2) is 71.7 Å². The van der Waals surface area contributed by atoms with Crippen molar-refractivity contribution >= 4 is 17.6 Å². The summed E-state index contributed by atoms with van der Waals surface area (Å²) in [5, 5.41) is 15.1. The van der Waals surface area contributed by atoms with Gasteiger partial charge >= 0.3 is 6.03 Å². The van der Waals surface area contributed by atoms with Gasteiger partial charge in [-0.15, -0.1) is 0 Å². The summed E-state index contributed by atoms with van der Waals surface area (Å²) in [6.45, 7) is 3.59. The van der Waals surface area contributed by atoms with Crippen molar-refractivity contribution in [1.82, 2.24) is 15.1 Å². The number of piperidine rings is 1. The van der Waals surface area contributed by atoms with E-state index in [9.17, 15) is 14.7 Å². The maximum Gasteiger partial charge on any atom is 0.317 e. The van der Waals surface area contributed by atoms with E-state index in [2.05, 4.69) is 10.2 Å². The second kappa shape index (κ2) is 9.90. The van der Waals surface area contributed by atoms with Gasteiger partial charge in [-0.1, -0.05) is 61.4 Å². The van der Waals surface area contributed by atoms with Gasteiger partial charge in [0.1, 0.15) is 0 Å². The van der Waals surface area contributed by atoms with Crippen molar-refractivity contribution in [3.63, 3.8) is 0 Å². The van der Waals surface area contributed by atoms with Gasteiger partial charge in [-0.25, -0.2) is 4.79 Å². The number of carbonyl (C=O) groups is 2. The molecular weight excluding hydrogens is 440 g/mol. The molecule has 3 aliphatic rings. The van der Waals surface area contributed by atoms with Crippen molar-refractivity contribution in [3.05, 3.63) is 66.2 Å². The van der Waals surface area contributed by atoms with Gasteiger partial charge in [-0.3, -0.25) is 4.79 Å². The van der Waals surface area contributed by atoms with Crippen molar-refractivity contribution in [3.8, 4) is 0 Å². The molecule has 5 rings (SSSR count). The lowest BCUT2D eigenvalue weighted by atomic mass is 9.65. The van der Waals surface area contributed by atoms with Gasteiger partial charge in [0.05, 0.1) is 18.7 Å². The molecule has 1 atom stereocenters. The highest BCUT2D eigenvalue weighted by Crippen LogP contribution is 2.51. The van der Waals surface area contributed by atoms with E-state index in [1.54, 1.807) is 0 Å². The standard InChI is InChI=1S/C28H36N4O3/c33-25-20-30(24-11-5-2-6-12-24)17-18-31(25)22-28(35)15-16-32(21-27(28)13-7-8-14-27)26(34)29-19-23-9-3-1-4-10-23/h1-6,9-12,35H,7-8,13-22H2,(H,29,34). The van der Waals surface area contributed by atoms with Crippen molar-refractivity contribution < 1.29 is 14.7 Å². The van der Waals surface area contributed by atoms with Crippen LogP contribution in [0.3, 0.4) is 0 Å². The molecule has 2 aromatic carbocycles. The molecule has 1 unspecified atom stereocenters. The summed E-state index contributed by atoms with van der Waals surface area (Å²) in [5.74, 6) is 0.0599. The third kappa shape index (κ3) is 4.87. The Hall–Kier alpha value is -3.06. The van der Waals surface area contributed by atoms with E-state index >= 15 is 0 Å². The molecule has 1 saturated carbocycles. The van der Waals surface area contributed by atoms with Crippen molar-refractivity contribution in [2.75, 3.05) is 44.2 Å². The van der Waals surface area contributed by atoms with Gasteiger partial charge in [0, 0.05) is 43.8 Å².